The zero-order valence-corrected chi connectivity index (χ0v) is 7.35. The first-order valence-electron chi connectivity index (χ1n) is 4.70. The predicted octanol–water partition coefficient (Wildman–Crippen LogP) is 3.08. The topological polar surface area (TPSA) is 0 Å². The van der Waals surface area contributed by atoms with E-state index in [1.54, 1.807) is 6.42 Å². The lowest BCUT2D eigenvalue weighted by molar-refractivity contribution is -0.243. The Balaban J connectivity index is 1.95. The molecule has 0 heterocycles. The highest BCUT2D eigenvalue weighted by Crippen LogP contribution is 2.73. The van der Waals surface area contributed by atoms with Gasteiger partial charge in [0.25, 0.3) is 0 Å². The van der Waals surface area contributed by atoms with Crippen molar-refractivity contribution in [2.24, 2.45) is 23.2 Å². The van der Waals surface area contributed by atoms with Crippen molar-refractivity contribution in [3.05, 3.63) is 0 Å². The van der Waals surface area contributed by atoms with E-state index in [1.165, 1.54) is 12.8 Å². The molecule has 10 heavy (non-hydrogen) atoms. The minimum absolute atomic E-state index is 0.792. The Kier molecular flexibility index (Phi) is 1.19. The van der Waals surface area contributed by atoms with E-state index in [1.807, 2.05) is 0 Å². The molecule has 0 aromatic rings. The summed E-state index contributed by atoms with van der Waals surface area (Å²) in [6.07, 6.45) is 4.42. The zero-order chi connectivity index (χ0) is 7.35. The van der Waals surface area contributed by atoms with Crippen molar-refractivity contribution in [1.82, 2.24) is 0 Å². The number of rotatable bonds is 2. The van der Waals surface area contributed by atoms with E-state index >= 15 is 0 Å². The smallest absolute Gasteiger partial charge is 0.0264 e. The molecule has 0 N–H and O–H groups in total. The van der Waals surface area contributed by atoms with Crippen LogP contribution in [0.4, 0.5) is 0 Å². The van der Waals surface area contributed by atoms with Crippen LogP contribution < -0.4 is 0 Å². The molecule has 3 aliphatic rings. The van der Waals surface area contributed by atoms with E-state index < -0.39 is 0 Å². The van der Waals surface area contributed by atoms with Crippen molar-refractivity contribution < 1.29 is 0 Å². The summed E-state index contributed by atoms with van der Waals surface area (Å²) in [6.45, 7) is 7.23. The molecule has 2 bridgehead atoms. The van der Waals surface area contributed by atoms with E-state index in [2.05, 4.69) is 20.8 Å². The van der Waals surface area contributed by atoms with Crippen LogP contribution in [0.1, 0.15) is 40.0 Å². The van der Waals surface area contributed by atoms with Crippen molar-refractivity contribution in [3.63, 3.8) is 0 Å². The van der Waals surface area contributed by atoms with Crippen LogP contribution in [0.25, 0.3) is 0 Å². The Morgan fingerprint density at radius 2 is 2.20 bits per heavy atom. The van der Waals surface area contributed by atoms with Crippen molar-refractivity contribution in [2.45, 2.75) is 40.0 Å². The second-order valence-electron chi connectivity index (χ2n) is 4.56. The van der Waals surface area contributed by atoms with Crippen molar-refractivity contribution >= 4 is 0 Å². The summed E-state index contributed by atoms with van der Waals surface area (Å²) in [5.74, 6) is 3.31. The van der Waals surface area contributed by atoms with E-state index in [0.717, 1.165) is 23.2 Å². The molecule has 3 aliphatic carbocycles. The summed E-state index contributed by atoms with van der Waals surface area (Å²) in [7, 11) is 0. The minimum atomic E-state index is 0.792. The van der Waals surface area contributed by atoms with E-state index in [-0.39, 0.29) is 0 Å². The maximum absolute atomic E-state index is 2.48. The van der Waals surface area contributed by atoms with Gasteiger partial charge in [0.15, 0.2) is 0 Å². The fourth-order valence-electron chi connectivity index (χ4n) is 3.24. The third-order valence-electron chi connectivity index (χ3n) is 4.32. The summed E-state index contributed by atoms with van der Waals surface area (Å²) < 4.78 is 0. The van der Waals surface area contributed by atoms with Gasteiger partial charge in [0.2, 0.25) is 0 Å². The second kappa shape index (κ2) is 1.78. The van der Waals surface area contributed by atoms with Crippen LogP contribution >= 0.6 is 0 Å². The average Bonchev–Trinajstić information content (AvgIpc) is 1.97. The van der Waals surface area contributed by atoms with Crippen LogP contribution in [0.15, 0.2) is 0 Å². The molecule has 0 radical (unpaired) electrons. The Bertz CT molecular complexity index is 150. The lowest BCUT2D eigenvalue weighted by Gasteiger charge is -2.73. The van der Waals surface area contributed by atoms with E-state index in [9.17, 15) is 0 Å². The fourth-order valence-corrected chi connectivity index (χ4v) is 3.24. The lowest BCUT2D eigenvalue weighted by Crippen LogP contribution is -2.66. The number of hydrogen-bond donors (Lipinski definition) is 0. The van der Waals surface area contributed by atoms with Gasteiger partial charge in [0, 0.05) is 0 Å². The normalized spacial score (nSPS) is 57.3. The Labute approximate surface area is 64.0 Å². The third-order valence-corrected chi connectivity index (χ3v) is 4.32. The SMILES string of the molecule is CCCC1C2CC1(C)C2C. The fraction of sp³-hybridized carbons (Fsp3) is 1.00. The molecule has 0 aromatic carbocycles. The van der Waals surface area contributed by atoms with Gasteiger partial charge < -0.3 is 0 Å². The minimum Gasteiger partial charge on any atom is -0.0654 e. The molecule has 3 saturated carbocycles. The first-order chi connectivity index (χ1) is 4.70. The quantitative estimate of drug-likeness (QED) is 0.550. The standard InChI is InChI=1S/C10H18/c1-4-5-9-8-6-10(9,3)7(8)2/h7-9H,4-6H2,1-3H3. The summed E-state index contributed by atoms with van der Waals surface area (Å²) in [6, 6.07) is 0. The molecule has 0 spiro atoms. The van der Waals surface area contributed by atoms with Gasteiger partial charge in [-0.25, -0.2) is 0 Å². The third kappa shape index (κ3) is 0.500. The highest BCUT2D eigenvalue weighted by atomic mass is 14.7. The van der Waals surface area contributed by atoms with Crippen LogP contribution in [0, 0.1) is 23.2 Å². The van der Waals surface area contributed by atoms with Gasteiger partial charge in [-0.05, 0) is 36.0 Å². The average molecular weight is 138 g/mol. The van der Waals surface area contributed by atoms with Gasteiger partial charge in [0.1, 0.15) is 0 Å². The molecule has 0 nitrogen and oxygen atoms in total. The summed E-state index contributed by atoms with van der Waals surface area (Å²) >= 11 is 0. The predicted molar refractivity (Wildman–Crippen MR) is 43.8 cm³/mol. The molecule has 58 valence electrons. The highest BCUT2D eigenvalue weighted by Gasteiger charge is 2.66. The molecule has 0 heteroatoms. The van der Waals surface area contributed by atoms with Gasteiger partial charge in [-0.1, -0.05) is 27.2 Å². The van der Waals surface area contributed by atoms with Gasteiger partial charge >= 0.3 is 0 Å². The Morgan fingerprint density at radius 3 is 2.50 bits per heavy atom. The van der Waals surface area contributed by atoms with E-state index in [0.29, 0.717) is 0 Å². The Morgan fingerprint density at radius 1 is 1.50 bits per heavy atom. The van der Waals surface area contributed by atoms with Crippen LogP contribution in [0.2, 0.25) is 0 Å². The zero-order valence-electron chi connectivity index (χ0n) is 7.35. The molecule has 0 amide bonds. The molecule has 0 saturated heterocycles. The molecule has 4 atom stereocenters. The largest absolute Gasteiger partial charge is 0.0654 e. The maximum atomic E-state index is 2.48. The summed E-state index contributed by atoms with van der Waals surface area (Å²) in [5.41, 5.74) is 0.792. The molecule has 3 rings (SSSR count). The maximum Gasteiger partial charge on any atom is -0.0264 e. The van der Waals surface area contributed by atoms with Gasteiger partial charge in [0.05, 0.1) is 0 Å². The first kappa shape index (κ1) is 6.69. The van der Waals surface area contributed by atoms with E-state index in [4.69, 9.17) is 0 Å². The van der Waals surface area contributed by atoms with Gasteiger partial charge in [-0.3, -0.25) is 0 Å². The molecular weight excluding hydrogens is 120 g/mol. The van der Waals surface area contributed by atoms with Crippen LogP contribution in [0.3, 0.4) is 0 Å². The highest BCUT2D eigenvalue weighted by molar-refractivity contribution is 5.15. The van der Waals surface area contributed by atoms with Crippen molar-refractivity contribution in [3.8, 4) is 0 Å². The Hall–Kier alpha value is 0. The van der Waals surface area contributed by atoms with Crippen molar-refractivity contribution in [1.29, 1.82) is 0 Å². The van der Waals surface area contributed by atoms with Crippen molar-refractivity contribution in [2.75, 3.05) is 0 Å². The van der Waals surface area contributed by atoms with Crippen LogP contribution in [-0.2, 0) is 0 Å². The molecule has 4 unspecified atom stereocenters. The molecular formula is C10H18. The molecule has 0 aromatic heterocycles. The summed E-state index contributed by atoms with van der Waals surface area (Å²) in [5, 5.41) is 0. The second-order valence-corrected chi connectivity index (χ2v) is 4.56. The van der Waals surface area contributed by atoms with Crippen LogP contribution in [0.5, 0.6) is 0 Å². The first-order valence-corrected chi connectivity index (χ1v) is 4.70. The van der Waals surface area contributed by atoms with Crippen LogP contribution in [-0.4, -0.2) is 0 Å². The molecule has 0 aliphatic heterocycles. The lowest BCUT2D eigenvalue weighted by atomic mass is 9.32. The monoisotopic (exact) mass is 138 g/mol. The number of hydrogen-bond acceptors (Lipinski definition) is 0. The molecule has 3 fully saturated rings. The van der Waals surface area contributed by atoms with Gasteiger partial charge in [-0.2, -0.15) is 0 Å². The van der Waals surface area contributed by atoms with Gasteiger partial charge in [-0.15, -0.1) is 0 Å². The summed E-state index contributed by atoms with van der Waals surface area (Å²) in [4.78, 5) is 0.